The average Bonchev–Trinajstić information content (AvgIpc) is 3.09. The van der Waals surface area contributed by atoms with Crippen molar-refractivity contribution in [2.24, 2.45) is 0 Å². The van der Waals surface area contributed by atoms with E-state index in [9.17, 15) is 17.2 Å². The molecule has 0 unspecified atom stereocenters. The van der Waals surface area contributed by atoms with Crippen molar-refractivity contribution in [2.75, 3.05) is 20.3 Å². The SMILES string of the molecule is CC.CF.O=S(=O)(C1=CC=C2CC(=C1)C1=C(CCNCC1)N2)c1ccc(F)cc1. The third kappa shape index (κ3) is 5.22. The van der Waals surface area contributed by atoms with E-state index < -0.39 is 15.7 Å². The Hall–Kier alpha value is -2.25. The zero-order valence-corrected chi connectivity index (χ0v) is 17.9. The molecule has 0 saturated carbocycles. The molecule has 3 aliphatic rings. The first kappa shape index (κ1) is 23.0. The number of allylic oxidation sites excluding steroid dienone is 4. The molecular weight excluding hydrogens is 394 g/mol. The summed E-state index contributed by atoms with van der Waals surface area (Å²) >= 11 is 0. The molecule has 0 atom stereocenters. The van der Waals surface area contributed by atoms with Gasteiger partial charge in [0.05, 0.1) is 17.0 Å². The van der Waals surface area contributed by atoms with Crippen molar-refractivity contribution in [2.45, 2.75) is 38.0 Å². The summed E-state index contributed by atoms with van der Waals surface area (Å²) in [5, 5.41) is 6.83. The van der Waals surface area contributed by atoms with Crippen LogP contribution < -0.4 is 10.6 Å². The number of sulfone groups is 1. The number of fused-ring (bicyclic) bond motifs is 3. The lowest BCUT2D eigenvalue weighted by molar-refractivity contribution is 0.601. The molecule has 1 aromatic carbocycles. The number of benzene rings is 1. The van der Waals surface area contributed by atoms with E-state index >= 15 is 0 Å². The molecule has 0 fully saturated rings. The van der Waals surface area contributed by atoms with E-state index in [0.717, 1.165) is 37.2 Å². The molecule has 29 heavy (non-hydrogen) atoms. The first-order chi connectivity index (χ1) is 14.0. The van der Waals surface area contributed by atoms with Crippen LogP contribution in [0.3, 0.4) is 0 Å². The van der Waals surface area contributed by atoms with Gasteiger partial charge in [-0.3, -0.25) is 4.39 Å². The lowest BCUT2D eigenvalue weighted by atomic mass is 9.92. The molecule has 4 rings (SSSR count). The Labute approximate surface area is 172 Å². The van der Waals surface area contributed by atoms with E-state index in [2.05, 4.69) is 10.6 Å². The van der Waals surface area contributed by atoms with Crippen LogP contribution >= 0.6 is 0 Å². The zero-order valence-electron chi connectivity index (χ0n) is 17.1. The smallest absolute Gasteiger partial charge is 0.206 e. The standard InChI is InChI=1S/C19H19FN2O2S.C2H6.CH3F/c20-14-1-4-16(5-2-14)25(23,24)17-6-3-15-11-13(12-17)18-7-9-21-10-8-19(18)22-15;2*1-2/h1-6,12,21-22H,7-11H2;1-2H3;1H3. The number of hydrogen-bond donors (Lipinski definition) is 2. The molecule has 7 heteroatoms. The van der Waals surface area contributed by atoms with E-state index in [1.807, 2.05) is 19.9 Å². The van der Waals surface area contributed by atoms with Gasteiger partial charge in [-0.2, -0.15) is 0 Å². The number of alkyl halides is 1. The maximum Gasteiger partial charge on any atom is 0.206 e. The quantitative estimate of drug-likeness (QED) is 0.687. The Morgan fingerprint density at radius 1 is 0.966 bits per heavy atom. The molecule has 0 spiro atoms. The Kier molecular flexibility index (Phi) is 8.34. The Balaban J connectivity index is 0.000000707. The second kappa shape index (κ2) is 10.5. The monoisotopic (exact) mass is 422 g/mol. The van der Waals surface area contributed by atoms with Crippen LogP contribution in [0.15, 0.2) is 74.8 Å². The summed E-state index contributed by atoms with van der Waals surface area (Å²) in [6.07, 6.45) is 7.75. The maximum absolute atomic E-state index is 13.1. The van der Waals surface area contributed by atoms with Crippen molar-refractivity contribution in [1.29, 1.82) is 0 Å². The van der Waals surface area contributed by atoms with Gasteiger partial charge in [0.15, 0.2) is 0 Å². The van der Waals surface area contributed by atoms with Crippen LogP contribution in [-0.2, 0) is 9.84 Å². The van der Waals surface area contributed by atoms with Crippen LogP contribution in [0.25, 0.3) is 0 Å². The summed E-state index contributed by atoms with van der Waals surface area (Å²) in [4.78, 5) is 0.355. The van der Waals surface area contributed by atoms with Gasteiger partial charge in [0.25, 0.3) is 0 Å². The third-order valence-corrected chi connectivity index (χ3v) is 6.51. The van der Waals surface area contributed by atoms with E-state index in [0.29, 0.717) is 13.6 Å². The lowest BCUT2D eigenvalue weighted by Crippen LogP contribution is -2.21. The second-order valence-corrected chi connectivity index (χ2v) is 8.35. The highest BCUT2D eigenvalue weighted by Crippen LogP contribution is 2.35. The fourth-order valence-corrected chi connectivity index (χ4v) is 4.77. The van der Waals surface area contributed by atoms with Gasteiger partial charge in [-0.15, -0.1) is 0 Å². The van der Waals surface area contributed by atoms with E-state index in [1.54, 1.807) is 12.2 Å². The summed E-state index contributed by atoms with van der Waals surface area (Å²) < 4.78 is 48.5. The summed E-state index contributed by atoms with van der Waals surface area (Å²) in [5.74, 6) is -0.449. The summed E-state index contributed by atoms with van der Waals surface area (Å²) in [6, 6.07) is 4.97. The van der Waals surface area contributed by atoms with Crippen LogP contribution in [-0.4, -0.2) is 28.7 Å². The lowest BCUT2D eigenvalue weighted by Gasteiger charge is -2.25. The van der Waals surface area contributed by atoms with Gasteiger partial charge in [-0.1, -0.05) is 13.8 Å². The highest BCUT2D eigenvalue weighted by molar-refractivity contribution is 7.95. The van der Waals surface area contributed by atoms with Gasteiger partial charge in [0.1, 0.15) is 5.82 Å². The molecule has 2 N–H and O–H groups in total. The van der Waals surface area contributed by atoms with Gasteiger partial charge < -0.3 is 10.6 Å². The topological polar surface area (TPSA) is 58.2 Å². The molecule has 2 bridgehead atoms. The third-order valence-electron chi connectivity index (χ3n) is 4.75. The molecule has 0 aromatic heterocycles. The molecular formula is C22H28F2N2O2S. The normalized spacial score (nSPS) is 18.0. The number of nitrogens with one attached hydrogen (secondary N) is 2. The number of hydrogen-bond acceptors (Lipinski definition) is 4. The van der Waals surface area contributed by atoms with Crippen molar-refractivity contribution < 1.29 is 17.2 Å². The minimum atomic E-state index is -3.68. The van der Waals surface area contributed by atoms with Gasteiger partial charge >= 0.3 is 0 Å². The van der Waals surface area contributed by atoms with Gasteiger partial charge in [-0.25, -0.2) is 12.8 Å². The molecule has 158 valence electrons. The first-order valence-corrected chi connectivity index (χ1v) is 11.2. The highest BCUT2D eigenvalue weighted by Gasteiger charge is 2.26. The van der Waals surface area contributed by atoms with Crippen LogP contribution in [0.1, 0.15) is 33.1 Å². The predicted octanol–water partition coefficient (Wildman–Crippen LogP) is 4.55. The van der Waals surface area contributed by atoms with Crippen molar-refractivity contribution in [3.8, 4) is 0 Å². The molecule has 4 nitrogen and oxygen atoms in total. The highest BCUT2D eigenvalue weighted by atomic mass is 32.2. The fraction of sp³-hybridized carbons (Fsp3) is 0.364. The van der Waals surface area contributed by atoms with Crippen LogP contribution in [0.2, 0.25) is 0 Å². The van der Waals surface area contributed by atoms with Gasteiger partial charge in [0.2, 0.25) is 9.84 Å². The maximum atomic E-state index is 13.1. The first-order valence-electron chi connectivity index (χ1n) is 9.74. The molecule has 0 amide bonds. The Morgan fingerprint density at radius 3 is 2.31 bits per heavy atom. The molecule has 1 aromatic rings. The summed E-state index contributed by atoms with van der Waals surface area (Å²) in [5.41, 5.74) is 4.46. The summed E-state index contributed by atoms with van der Waals surface area (Å²) in [6.45, 7) is 5.81. The summed E-state index contributed by atoms with van der Waals surface area (Å²) in [7, 11) is -3.18. The largest absolute Gasteiger partial charge is 0.362 e. The Morgan fingerprint density at radius 2 is 1.62 bits per heavy atom. The van der Waals surface area contributed by atoms with Crippen molar-refractivity contribution >= 4 is 9.84 Å². The van der Waals surface area contributed by atoms with Crippen LogP contribution in [0.4, 0.5) is 8.78 Å². The van der Waals surface area contributed by atoms with Crippen molar-refractivity contribution in [1.82, 2.24) is 10.6 Å². The molecule has 1 aliphatic carbocycles. The molecule has 0 radical (unpaired) electrons. The molecule has 2 heterocycles. The van der Waals surface area contributed by atoms with Crippen molar-refractivity contribution in [3.63, 3.8) is 0 Å². The number of rotatable bonds is 2. The number of halogens is 2. The average molecular weight is 423 g/mol. The van der Waals surface area contributed by atoms with Gasteiger partial charge in [0, 0.05) is 30.8 Å². The predicted molar refractivity (Wildman–Crippen MR) is 113 cm³/mol. The fourth-order valence-electron chi connectivity index (χ4n) is 3.45. The minimum Gasteiger partial charge on any atom is -0.362 e. The van der Waals surface area contributed by atoms with Crippen molar-refractivity contribution in [3.05, 3.63) is 75.8 Å². The van der Waals surface area contributed by atoms with Gasteiger partial charge in [-0.05, 0) is 66.6 Å². The van der Waals surface area contributed by atoms with E-state index in [1.165, 1.54) is 35.5 Å². The van der Waals surface area contributed by atoms with Crippen LogP contribution in [0, 0.1) is 5.82 Å². The second-order valence-electron chi connectivity index (χ2n) is 6.40. The Bertz CT molecular complexity index is 944. The van der Waals surface area contributed by atoms with E-state index in [-0.39, 0.29) is 9.80 Å². The molecule has 0 saturated heterocycles. The zero-order chi connectivity index (χ0) is 21.4. The van der Waals surface area contributed by atoms with Crippen LogP contribution in [0.5, 0.6) is 0 Å². The van der Waals surface area contributed by atoms with E-state index in [4.69, 9.17) is 0 Å². The molecule has 2 aliphatic heterocycles. The minimum absolute atomic E-state index is 0.108.